The Morgan fingerprint density at radius 2 is 1.82 bits per heavy atom. The predicted molar refractivity (Wildman–Crippen MR) is 74.4 cm³/mol. The predicted octanol–water partition coefficient (Wildman–Crippen LogP) is 4.40. The maximum atomic E-state index is 5.85. The Bertz CT molecular complexity index is 314. The van der Waals surface area contributed by atoms with Crippen molar-refractivity contribution in [2.24, 2.45) is 5.92 Å². The lowest BCUT2D eigenvalue weighted by Gasteiger charge is -2.09. The summed E-state index contributed by atoms with van der Waals surface area (Å²) in [5.41, 5.74) is 1.32. The fourth-order valence-corrected chi connectivity index (χ4v) is 2.78. The molecule has 1 aromatic rings. The molecule has 0 atom stereocenters. The molecule has 1 fully saturated rings. The zero-order chi connectivity index (χ0) is 11.9. The number of hydrogen-bond donors (Lipinski definition) is 1. The highest BCUT2D eigenvalue weighted by molar-refractivity contribution is 6.30. The minimum absolute atomic E-state index is 0.815. The highest BCUT2D eigenvalue weighted by atomic mass is 35.5. The van der Waals surface area contributed by atoms with E-state index in [0.29, 0.717) is 0 Å². The maximum absolute atomic E-state index is 5.85. The van der Waals surface area contributed by atoms with Crippen LogP contribution in [0.1, 0.15) is 44.1 Å². The first-order valence-corrected chi connectivity index (χ1v) is 7.17. The zero-order valence-corrected chi connectivity index (χ0v) is 11.2. The van der Waals surface area contributed by atoms with Crippen LogP contribution in [0.25, 0.3) is 0 Å². The molecule has 1 aromatic carbocycles. The van der Waals surface area contributed by atoms with E-state index in [4.69, 9.17) is 11.6 Å². The van der Waals surface area contributed by atoms with Crippen LogP contribution in [0.2, 0.25) is 5.02 Å². The van der Waals surface area contributed by atoms with Gasteiger partial charge in [0.05, 0.1) is 0 Å². The van der Waals surface area contributed by atoms with Gasteiger partial charge in [-0.1, -0.05) is 49.4 Å². The van der Waals surface area contributed by atoms with Crippen molar-refractivity contribution >= 4 is 11.6 Å². The molecule has 1 saturated carbocycles. The molecule has 0 spiro atoms. The lowest BCUT2D eigenvalue weighted by Crippen LogP contribution is -2.15. The minimum Gasteiger partial charge on any atom is -0.313 e. The molecule has 0 unspecified atom stereocenters. The van der Waals surface area contributed by atoms with Crippen molar-refractivity contribution in [2.75, 3.05) is 6.54 Å². The largest absolute Gasteiger partial charge is 0.313 e. The molecule has 1 nitrogen and oxygen atoms in total. The summed E-state index contributed by atoms with van der Waals surface area (Å²) in [4.78, 5) is 0. The second-order valence-electron chi connectivity index (χ2n) is 5.10. The summed E-state index contributed by atoms with van der Waals surface area (Å²) in [6.45, 7) is 2.10. The maximum Gasteiger partial charge on any atom is 0.0406 e. The second kappa shape index (κ2) is 7.03. The third kappa shape index (κ3) is 4.69. The molecule has 0 amide bonds. The molecule has 0 heterocycles. The number of halogens is 1. The monoisotopic (exact) mass is 251 g/mol. The van der Waals surface area contributed by atoms with Gasteiger partial charge in [0.25, 0.3) is 0 Å². The van der Waals surface area contributed by atoms with Gasteiger partial charge in [-0.05, 0) is 43.0 Å². The van der Waals surface area contributed by atoms with Gasteiger partial charge in [-0.3, -0.25) is 0 Å². The summed E-state index contributed by atoms with van der Waals surface area (Å²) in [5.74, 6) is 1.02. The van der Waals surface area contributed by atoms with E-state index in [-0.39, 0.29) is 0 Å². The Kier molecular flexibility index (Phi) is 5.34. The molecule has 94 valence electrons. The van der Waals surface area contributed by atoms with E-state index in [1.165, 1.54) is 44.1 Å². The lowest BCUT2D eigenvalue weighted by atomic mass is 10.0. The summed E-state index contributed by atoms with van der Waals surface area (Å²) in [5, 5.41) is 4.32. The van der Waals surface area contributed by atoms with E-state index in [1.54, 1.807) is 0 Å². The van der Waals surface area contributed by atoms with Crippen LogP contribution in [0.15, 0.2) is 24.3 Å². The number of rotatable bonds is 6. The van der Waals surface area contributed by atoms with Crippen molar-refractivity contribution in [1.29, 1.82) is 0 Å². The summed E-state index contributed by atoms with van der Waals surface area (Å²) >= 11 is 5.85. The smallest absolute Gasteiger partial charge is 0.0406 e. The van der Waals surface area contributed by atoms with Crippen molar-refractivity contribution in [3.63, 3.8) is 0 Å². The van der Waals surface area contributed by atoms with Crippen molar-refractivity contribution in [2.45, 2.75) is 45.1 Å². The molecule has 0 aromatic heterocycles. The third-order valence-corrected chi connectivity index (χ3v) is 3.94. The van der Waals surface area contributed by atoms with Crippen LogP contribution in [-0.2, 0) is 6.54 Å². The highest BCUT2D eigenvalue weighted by Gasteiger charge is 2.13. The topological polar surface area (TPSA) is 12.0 Å². The average Bonchev–Trinajstić information content (AvgIpc) is 2.84. The molecular weight excluding hydrogens is 230 g/mol. The molecule has 1 aliphatic carbocycles. The van der Waals surface area contributed by atoms with Crippen molar-refractivity contribution in [1.82, 2.24) is 5.32 Å². The van der Waals surface area contributed by atoms with Crippen molar-refractivity contribution in [3.8, 4) is 0 Å². The highest BCUT2D eigenvalue weighted by Crippen LogP contribution is 2.28. The molecule has 2 heteroatoms. The van der Waals surface area contributed by atoms with Crippen LogP contribution in [0.4, 0.5) is 0 Å². The van der Waals surface area contributed by atoms with Crippen LogP contribution in [0, 0.1) is 5.92 Å². The fraction of sp³-hybridized carbons (Fsp3) is 0.600. The molecule has 0 saturated heterocycles. The molecule has 1 aliphatic rings. The number of benzene rings is 1. The van der Waals surface area contributed by atoms with E-state index in [1.807, 2.05) is 12.1 Å². The average molecular weight is 252 g/mol. The van der Waals surface area contributed by atoms with Crippen LogP contribution in [0.5, 0.6) is 0 Å². The zero-order valence-electron chi connectivity index (χ0n) is 10.4. The van der Waals surface area contributed by atoms with Gasteiger partial charge in [-0.25, -0.2) is 0 Å². The third-order valence-electron chi connectivity index (χ3n) is 3.68. The van der Waals surface area contributed by atoms with E-state index >= 15 is 0 Å². The van der Waals surface area contributed by atoms with Gasteiger partial charge >= 0.3 is 0 Å². The standard InChI is InChI=1S/C15H22ClN/c16-15-9-7-14(8-10-15)12-17-11-3-6-13-4-1-2-5-13/h7-10,13,17H,1-6,11-12H2. The minimum atomic E-state index is 0.815. The van der Waals surface area contributed by atoms with Gasteiger partial charge < -0.3 is 5.32 Å². The van der Waals surface area contributed by atoms with Crippen molar-refractivity contribution < 1.29 is 0 Å². The lowest BCUT2D eigenvalue weighted by molar-refractivity contribution is 0.470. The van der Waals surface area contributed by atoms with Gasteiger partial charge in [0.2, 0.25) is 0 Å². The molecular formula is C15H22ClN. The molecule has 1 N–H and O–H groups in total. The van der Waals surface area contributed by atoms with E-state index in [9.17, 15) is 0 Å². The molecule has 2 rings (SSSR count). The van der Waals surface area contributed by atoms with E-state index in [0.717, 1.165) is 24.0 Å². The SMILES string of the molecule is Clc1ccc(CNCCCC2CCCC2)cc1. The molecule has 17 heavy (non-hydrogen) atoms. The van der Waals surface area contributed by atoms with Gasteiger partial charge in [-0.2, -0.15) is 0 Å². The molecule has 0 aliphatic heterocycles. The van der Waals surface area contributed by atoms with Gasteiger partial charge in [0, 0.05) is 11.6 Å². The summed E-state index contributed by atoms with van der Waals surface area (Å²) in [7, 11) is 0. The van der Waals surface area contributed by atoms with Crippen molar-refractivity contribution in [3.05, 3.63) is 34.9 Å². The quantitative estimate of drug-likeness (QED) is 0.739. The number of hydrogen-bond acceptors (Lipinski definition) is 1. The fourth-order valence-electron chi connectivity index (χ4n) is 2.65. The molecule has 0 radical (unpaired) electrons. The van der Waals surface area contributed by atoms with Crippen LogP contribution < -0.4 is 5.32 Å². The second-order valence-corrected chi connectivity index (χ2v) is 5.53. The Balaban J connectivity index is 1.55. The van der Waals surface area contributed by atoms with Gasteiger partial charge in [-0.15, -0.1) is 0 Å². The van der Waals surface area contributed by atoms with Crippen LogP contribution >= 0.6 is 11.6 Å². The van der Waals surface area contributed by atoms with Gasteiger partial charge in [0.15, 0.2) is 0 Å². The van der Waals surface area contributed by atoms with Crippen LogP contribution in [-0.4, -0.2) is 6.54 Å². The first-order chi connectivity index (χ1) is 8.34. The Morgan fingerprint density at radius 1 is 1.12 bits per heavy atom. The summed E-state index contributed by atoms with van der Waals surface area (Å²) in [6, 6.07) is 8.09. The van der Waals surface area contributed by atoms with Gasteiger partial charge in [0.1, 0.15) is 0 Å². The van der Waals surface area contributed by atoms with E-state index < -0.39 is 0 Å². The first-order valence-electron chi connectivity index (χ1n) is 6.80. The normalized spacial score (nSPS) is 16.5. The summed E-state index contributed by atoms with van der Waals surface area (Å²) < 4.78 is 0. The molecule has 0 bridgehead atoms. The Labute approximate surface area is 110 Å². The Morgan fingerprint density at radius 3 is 2.53 bits per heavy atom. The van der Waals surface area contributed by atoms with E-state index in [2.05, 4.69) is 17.4 Å². The number of nitrogens with one attached hydrogen (secondary N) is 1. The Hall–Kier alpha value is -0.530. The van der Waals surface area contributed by atoms with Crippen LogP contribution in [0.3, 0.4) is 0 Å². The summed E-state index contributed by atoms with van der Waals surface area (Å²) in [6.07, 6.45) is 8.59. The first kappa shape index (κ1) is 12.9.